The molecule has 1 N–H and O–H groups in total. The summed E-state index contributed by atoms with van der Waals surface area (Å²) in [5.74, 6) is 1.06. The number of para-hydroxylation sites is 2. The Morgan fingerprint density at radius 3 is 2.61 bits per heavy atom. The highest BCUT2D eigenvalue weighted by Gasteiger charge is 2.26. The van der Waals surface area contributed by atoms with Gasteiger partial charge in [0.15, 0.2) is 11.5 Å². The molecular formula is C24H25N5O2. The summed E-state index contributed by atoms with van der Waals surface area (Å²) >= 11 is 0. The van der Waals surface area contributed by atoms with Gasteiger partial charge in [-0.2, -0.15) is 5.10 Å². The predicted octanol–water partition coefficient (Wildman–Crippen LogP) is 4.15. The molecule has 1 saturated heterocycles. The number of urea groups is 1. The van der Waals surface area contributed by atoms with Gasteiger partial charge < -0.3 is 14.6 Å². The largest absolute Gasteiger partial charge is 0.440 e. The summed E-state index contributed by atoms with van der Waals surface area (Å²) in [6.07, 6.45) is 6.22. The maximum atomic E-state index is 12.5. The van der Waals surface area contributed by atoms with E-state index < -0.39 is 0 Å². The van der Waals surface area contributed by atoms with Crippen LogP contribution in [0.5, 0.6) is 0 Å². The van der Waals surface area contributed by atoms with Crippen molar-refractivity contribution in [2.24, 2.45) is 0 Å². The molecule has 0 atom stereocenters. The first-order chi connectivity index (χ1) is 15.3. The number of aromatic nitrogens is 3. The summed E-state index contributed by atoms with van der Waals surface area (Å²) in [5.41, 5.74) is 3.94. The lowest BCUT2D eigenvalue weighted by Gasteiger charge is -2.30. The standard InChI is InChI=1S/C24H25N5O2/c30-24(25-14-10-18-6-8-20(9-7-18)29-15-3-13-26-29)28-16-11-19(12-17-28)23-27-21-4-1-2-5-22(21)31-23/h1-9,13,15,19H,10-12,14,16-17H2,(H,25,30). The van der Waals surface area contributed by atoms with Crippen LogP contribution in [0.2, 0.25) is 0 Å². The molecule has 0 radical (unpaired) electrons. The Hall–Kier alpha value is -3.61. The molecule has 7 heteroatoms. The number of likely N-dealkylation sites (tertiary alicyclic amines) is 1. The number of nitrogens with one attached hydrogen (secondary N) is 1. The van der Waals surface area contributed by atoms with E-state index >= 15 is 0 Å². The minimum Gasteiger partial charge on any atom is -0.440 e. The summed E-state index contributed by atoms with van der Waals surface area (Å²) in [7, 11) is 0. The smallest absolute Gasteiger partial charge is 0.317 e. The van der Waals surface area contributed by atoms with Gasteiger partial charge in [0.1, 0.15) is 5.52 Å². The fourth-order valence-corrected chi connectivity index (χ4v) is 4.06. The number of oxazole rings is 1. The summed E-state index contributed by atoms with van der Waals surface area (Å²) in [5, 5.41) is 7.28. The molecule has 4 aromatic rings. The van der Waals surface area contributed by atoms with Crippen molar-refractivity contribution in [1.29, 1.82) is 0 Å². The van der Waals surface area contributed by atoms with E-state index in [1.165, 1.54) is 5.56 Å². The van der Waals surface area contributed by atoms with Gasteiger partial charge in [-0.15, -0.1) is 0 Å². The van der Waals surface area contributed by atoms with Crippen LogP contribution in [-0.4, -0.2) is 45.3 Å². The second-order valence-corrected chi connectivity index (χ2v) is 7.88. The van der Waals surface area contributed by atoms with Gasteiger partial charge in [0.2, 0.25) is 0 Å². The lowest BCUT2D eigenvalue weighted by Crippen LogP contribution is -2.44. The number of hydrogen-bond donors (Lipinski definition) is 1. The molecule has 2 aromatic heterocycles. The fraction of sp³-hybridized carbons (Fsp3) is 0.292. The Bertz CT molecular complexity index is 1110. The second kappa shape index (κ2) is 8.63. The molecule has 1 aliphatic heterocycles. The normalized spacial score (nSPS) is 14.8. The van der Waals surface area contributed by atoms with Gasteiger partial charge in [-0.25, -0.2) is 14.5 Å². The van der Waals surface area contributed by atoms with E-state index in [1.54, 1.807) is 6.20 Å². The molecule has 2 amide bonds. The van der Waals surface area contributed by atoms with Crippen LogP contribution in [-0.2, 0) is 6.42 Å². The van der Waals surface area contributed by atoms with Gasteiger partial charge in [0.25, 0.3) is 0 Å². The molecule has 0 bridgehead atoms. The van der Waals surface area contributed by atoms with E-state index in [9.17, 15) is 4.79 Å². The van der Waals surface area contributed by atoms with Gasteiger partial charge >= 0.3 is 6.03 Å². The number of amides is 2. The zero-order chi connectivity index (χ0) is 21.0. The lowest BCUT2D eigenvalue weighted by atomic mass is 9.97. The predicted molar refractivity (Wildman–Crippen MR) is 118 cm³/mol. The summed E-state index contributed by atoms with van der Waals surface area (Å²) in [6, 6.07) is 18.0. The van der Waals surface area contributed by atoms with Gasteiger partial charge in [0.05, 0.1) is 5.69 Å². The number of benzene rings is 2. The molecular weight excluding hydrogens is 390 g/mol. The Kier molecular flexibility index (Phi) is 5.39. The Labute approximate surface area is 180 Å². The molecule has 5 rings (SSSR count). The van der Waals surface area contributed by atoms with Crippen LogP contribution in [0.3, 0.4) is 0 Å². The van der Waals surface area contributed by atoms with Crippen molar-refractivity contribution in [3.05, 3.63) is 78.4 Å². The first-order valence-corrected chi connectivity index (χ1v) is 10.7. The third-order valence-electron chi connectivity index (χ3n) is 5.84. The highest BCUT2D eigenvalue weighted by atomic mass is 16.3. The number of hydrogen-bond acceptors (Lipinski definition) is 4. The first-order valence-electron chi connectivity index (χ1n) is 10.7. The maximum Gasteiger partial charge on any atom is 0.317 e. The molecule has 158 valence electrons. The van der Waals surface area contributed by atoms with Crippen molar-refractivity contribution < 1.29 is 9.21 Å². The quantitative estimate of drug-likeness (QED) is 0.531. The van der Waals surface area contributed by atoms with Gasteiger partial charge in [0, 0.05) is 37.9 Å². The maximum absolute atomic E-state index is 12.5. The van der Waals surface area contributed by atoms with Gasteiger partial charge in [-0.05, 0) is 55.2 Å². The highest BCUT2D eigenvalue weighted by molar-refractivity contribution is 5.74. The van der Waals surface area contributed by atoms with Crippen molar-refractivity contribution in [2.45, 2.75) is 25.2 Å². The van der Waals surface area contributed by atoms with Crippen molar-refractivity contribution >= 4 is 17.1 Å². The van der Waals surface area contributed by atoms with Crippen molar-refractivity contribution in [1.82, 2.24) is 25.0 Å². The van der Waals surface area contributed by atoms with Crippen LogP contribution in [0.1, 0.15) is 30.2 Å². The van der Waals surface area contributed by atoms with Crippen LogP contribution >= 0.6 is 0 Å². The Morgan fingerprint density at radius 1 is 1.06 bits per heavy atom. The SMILES string of the molecule is O=C(NCCc1ccc(-n2cccn2)cc1)N1CCC(c2nc3ccccc3o2)CC1. The average molecular weight is 415 g/mol. The van der Waals surface area contributed by atoms with E-state index in [4.69, 9.17) is 4.42 Å². The van der Waals surface area contributed by atoms with E-state index in [0.29, 0.717) is 19.6 Å². The molecule has 3 heterocycles. The molecule has 0 unspecified atom stereocenters. The van der Waals surface area contributed by atoms with Crippen LogP contribution in [0.4, 0.5) is 4.79 Å². The van der Waals surface area contributed by atoms with E-state index in [-0.39, 0.29) is 11.9 Å². The van der Waals surface area contributed by atoms with Crippen molar-refractivity contribution in [3.63, 3.8) is 0 Å². The molecule has 1 fully saturated rings. The van der Waals surface area contributed by atoms with Crippen LogP contribution in [0.15, 0.2) is 71.4 Å². The highest BCUT2D eigenvalue weighted by Crippen LogP contribution is 2.29. The van der Waals surface area contributed by atoms with E-state index in [0.717, 1.165) is 41.9 Å². The number of piperidine rings is 1. The average Bonchev–Trinajstić information content (AvgIpc) is 3.50. The summed E-state index contributed by atoms with van der Waals surface area (Å²) < 4.78 is 7.74. The Morgan fingerprint density at radius 2 is 1.87 bits per heavy atom. The molecule has 0 saturated carbocycles. The fourth-order valence-electron chi connectivity index (χ4n) is 4.06. The topological polar surface area (TPSA) is 76.2 Å². The first kappa shape index (κ1) is 19.4. The van der Waals surface area contributed by atoms with Crippen LogP contribution < -0.4 is 5.32 Å². The second-order valence-electron chi connectivity index (χ2n) is 7.88. The van der Waals surface area contributed by atoms with Crippen molar-refractivity contribution in [3.8, 4) is 5.69 Å². The molecule has 7 nitrogen and oxygen atoms in total. The monoisotopic (exact) mass is 415 g/mol. The molecule has 1 aliphatic rings. The van der Waals surface area contributed by atoms with E-state index in [1.807, 2.05) is 58.2 Å². The van der Waals surface area contributed by atoms with Crippen LogP contribution in [0.25, 0.3) is 16.8 Å². The van der Waals surface area contributed by atoms with Gasteiger partial charge in [-0.3, -0.25) is 0 Å². The van der Waals surface area contributed by atoms with Crippen LogP contribution in [0, 0.1) is 0 Å². The number of carbonyl (C=O) groups excluding carboxylic acids is 1. The zero-order valence-corrected chi connectivity index (χ0v) is 17.3. The minimum atomic E-state index is 0.00387. The number of carbonyl (C=O) groups is 1. The molecule has 0 aliphatic carbocycles. The Balaban J connectivity index is 1.08. The van der Waals surface area contributed by atoms with E-state index in [2.05, 4.69) is 27.5 Å². The lowest BCUT2D eigenvalue weighted by molar-refractivity contribution is 0.178. The third kappa shape index (κ3) is 4.30. The van der Waals surface area contributed by atoms with Crippen molar-refractivity contribution in [2.75, 3.05) is 19.6 Å². The van der Waals surface area contributed by atoms with Gasteiger partial charge in [-0.1, -0.05) is 24.3 Å². The number of rotatable bonds is 5. The molecule has 0 spiro atoms. The number of fused-ring (bicyclic) bond motifs is 1. The minimum absolute atomic E-state index is 0.00387. The molecule has 2 aromatic carbocycles. The molecule has 31 heavy (non-hydrogen) atoms. The number of nitrogens with zero attached hydrogens (tertiary/aromatic N) is 4. The summed E-state index contributed by atoms with van der Waals surface area (Å²) in [4.78, 5) is 19.1. The zero-order valence-electron chi connectivity index (χ0n) is 17.3. The third-order valence-corrected chi connectivity index (χ3v) is 5.84. The summed E-state index contributed by atoms with van der Waals surface area (Å²) in [6.45, 7) is 2.05.